The van der Waals surface area contributed by atoms with E-state index in [2.05, 4.69) is 155 Å². The number of fused-ring (bicyclic) bond motifs is 9. The van der Waals surface area contributed by atoms with Gasteiger partial charge < -0.3 is 18.7 Å². The molecule has 1 unspecified atom stereocenters. The summed E-state index contributed by atoms with van der Waals surface area (Å²) >= 11 is 0. The van der Waals surface area contributed by atoms with Crippen LogP contribution in [-0.2, 0) is 0 Å². The maximum atomic E-state index is 6.65. The molecular formula is C51H32N4O2. The van der Waals surface area contributed by atoms with Crippen LogP contribution >= 0.6 is 0 Å². The molecule has 1 aliphatic rings. The number of rotatable bonds is 5. The summed E-state index contributed by atoms with van der Waals surface area (Å²) in [6, 6.07) is 63.3. The average molecular weight is 733 g/mol. The van der Waals surface area contributed by atoms with Crippen LogP contribution in [0.3, 0.4) is 0 Å². The number of nitrogens with zero attached hydrogens (tertiary/aromatic N) is 3. The van der Waals surface area contributed by atoms with E-state index in [1.807, 2.05) is 36.4 Å². The zero-order valence-electron chi connectivity index (χ0n) is 30.6. The summed E-state index contributed by atoms with van der Waals surface area (Å²) < 4.78 is 15.5. The van der Waals surface area contributed by atoms with Gasteiger partial charge in [0.15, 0.2) is 5.84 Å². The van der Waals surface area contributed by atoms with Crippen LogP contribution in [0.2, 0.25) is 0 Å². The molecule has 12 rings (SSSR count). The van der Waals surface area contributed by atoms with E-state index in [-0.39, 0.29) is 6.17 Å². The first-order valence-electron chi connectivity index (χ1n) is 19.2. The number of benzene rings is 8. The van der Waals surface area contributed by atoms with E-state index in [9.17, 15) is 0 Å². The van der Waals surface area contributed by atoms with Gasteiger partial charge in [-0.2, -0.15) is 0 Å². The smallest absolute Gasteiger partial charge is 0.159 e. The number of amidine groups is 2. The van der Waals surface area contributed by atoms with Gasteiger partial charge in [-0.15, -0.1) is 0 Å². The van der Waals surface area contributed by atoms with Crippen LogP contribution in [0, 0.1) is 0 Å². The van der Waals surface area contributed by atoms with E-state index in [1.165, 1.54) is 21.8 Å². The summed E-state index contributed by atoms with van der Waals surface area (Å²) in [6.07, 6.45) is -0.275. The SMILES string of the molecule is c1ccc(C2=NC(c3ccc4c(c3)oc3cc(-c5cccc6oc7ccc(-n8c9ccccc9c9ccccc98)cc7c56)ccc34)=NC(c3ccccc3)N2)cc1. The number of hydrogen-bond donors (Lipinski definition) is 1. The van der Waals surface area contributed by atoms with E-state index in [0.717, 1.165) is 83.2 Å². The predicted molar refractivity (Wildman–Crippen MR) is 233 cm³/mol. The Bertz CT molecular complexity index is 3390. The summed E-state index contributed by atoms with van der Waals surface area (Å²) in [5.74, 6) is 1.44. The van der Waals surface area contributed by atoms with Crippen LogP contribution in [0.4, 0.5) is 0 Å². The molecule has 8 aromatic carbocycles. The maximum absolute atomic E-state index is 6.65. The Morgan fingerprint density at radius 2 is 1.11 bits per heavy atom. The standard InChI is InChI=1S/C51H32N4O2/c1-3-12-31(13-4-1)49-52-50(32-14-5-2-6-15-32)54-51(53-49)34-23-26-40-39-25-22-33(28-46(39)57-47(40)29-34)36-18-11-21-45-48(36)41-30-35(24-27-44(41)56-45)55-42-19-9-7-16-37(42)38-17-8-10-20-43(38)55/h1-30,49H,(H,52,53,54). The fourth-order valence-corrected chi connectivity index (χ4v) is 8.61. The molecule has 57 heavy (non-hydrogen) atoms. The molecule has 0 saturated carbocycles. The third-order valence-corrected chi connectivity index (χ3v) is 11.3. The molecule has 4 heterocycles. The number of aromatic nitrogens is 1. The first kappa shape index (κ1) is 31.6. The zero-order valence-corrected chi connectivity index (χ0v) is 30.6. The highest BCUT2D eigenvalue weighted by atomic mass is 16.3. The van der Waals surface area contributed by atoms with Crippen LogP contribution in [0.25, 0.3) is 82.5 Å². The third kappa shape index (κ3) is 5.04. The molecule has 0 fully saturated rings. The number of aliphatic imine (C=N–C) groups is 2. The van der Waals surface area contributed by atoms with Gasteiger partial charge in [-0.25, -0.2) is 9.98 Å². The Morgan fingerprint density at radius 1 is 0.456 bits per heavy atom. The molecule has 3 aromatic heterocycles. The van der Waals surface area contributed by atoms with Crippen molar-refractivity contribution in [1.29, 1.82) is 0 Å². The topological polar surface area (TPSA) is 68.0 Å². The van der Waals surface area contributed by atoms with Crippen LogP contribution in [0.5, 0.6) is 0 Å². The molecule has 0 bridgehead atoms. The van der Waals surface area contributed by atoms with Gasteiger partial charge in [0.2, 0.25) is 0 Å². The quantitative estimate of drug-likeness (QED) is 0.192. The van der Waals surface area contributed by atoms with Crippen molar-refractivity contribution in [1.82, 2.24) is 9.88 Å². The molecule has 11 aromatic rings. The molecule has 1 aliphatic heterocycles. The van der Waals surface area contributed by atoms with Crippen molar-refractivity contribution in [2.45, 2.75) is 6.17 Å². The Kier molecular flexibility index (Phi) is 6.89. The lowest BCUT2D eigenvalue weighted by Crippen LogP contribution is -2.33. The van der Waals surface area contributed by atoms with Crippen molar-refractivity contribution in [2.24, 2.45) is 9.98 Å². The molecule has 0 radical (unpaired) electrons. The van der Waals surface area contributed by atoms with Crippen molar-refractivity contribution in [2.75, 3.05) is 0 Å². The van der Waals surface area contributed by atoms with Crippen LogP contribution in [0.15, 0.2) is 201 Å². The Balaban J connectivity index is 0.969. The summed E-state index contributed by atoms with van der Waals surface area (Å²) in [6.45, 7) is 0. The fourth-order valence-electron chi connectivity index (χ4n) is 8.61. The van der Waals surface area contributed by atoms with Gasteiger partial charge in [-0.3, -0.25) is 0 Å². The van der Waals surface area contributed by atoms with Crippen molar-refractivity contribution in [3.05, 3.63) is 199 Å². The van der Waals surface area contributed by atoms with Crippen LogP contribution < -0.4 is 5.32 Å². The van der Waals surface area contributed by atoms with Crippen LogP contribution in [0.1, 0.15) is 22.9 Å². The molecule has 1 N–H and O–H groups in total. The van der Waals surface area contributed by atoms with Gasteiger partial charge in [0, 0.05) is 49.1 Å². The highest BCUT2D eigenvalue weighted by Crippen LogP contribution is 2.41. The fraction of sp³-hybridized carbons (Fsp3) is 0.0196. The van der Waals surface area contributed by atoms with Gasteiger partial charge >= 0.3 is 0 Å². The van der Waals surface area contributed by atoms with Gasteiger partial charge in [0.1, 0.15) is 34.3 Å². The average Bonchev–Trinajstić information content (AvgIpc) is 3.95. The molecule has 268 valence electrons. The Labute approximate surface area is 326 Å². The van der Waals surface area contributed by atoms with Crippen molar-refractivity contribution in [3.63, 3.8) is 0 Å². The van der Waals surface area contributed by atoms with E-state index in [1.54, 1.807) is 0 Å². The monoisotopic (exact) mass is 732 g/mol. The largest absolute Gasteiger partial charge is 0.456 e. The van der Waals surface area contributed by atoms with Crippen molar-refractivity contribution >= 4 is 77.4 Å². The molecule has 0 amide bonds. The first-order valence-corrected chi connectivity index (χ1v) is 19.2. The van der Waals surface area contributed by atoms with Crippen molar-refractivity contribution < 1.29 is 8.83 Å². The van der Waals surface area contributed by atoms with E-state index in [0.29, 0.717) is 5.84 Å². The van der Waals surface area contributed by atoms with Gasteiger partial charge in [-0.05, 0) is 77.4 Å². The first-order chi connectivity index (χ1) is 28.2. The maximum Gasteiger partial charge on any atom is 0.159 e. The summed E-state index contributed by atoms with van der Waals surface area (Å²) in [4.78, 5) is 10.1. The minimum absolute atomic E-state index is 0.275. The number of para-hydroxylation sites is 2. The van der Waals surface area contributed by atoms with Gasteiger partial charge in [0.25, 0.3) is 0 Å². The molecule has 6 nitrogen and oxygen atoms in total. The second-order valence-corrected chi connectivity index (χ2v) is 14.6. The molecule has 1 atom stereocenters. The Hall–Kier alpha value is -7.70. The second kappa shape index (κ2) is 12.4. The summed E-state index contributed by atoms with van der Waals surface area (Å²) in [7, 11) is 0. The lowest BCUT2D eigenvalue weighted by Gasteiger charge is -2.23. The number of furan rings is 2. The molecule has 0 spiro atoms. The van der Waals surface area contributed by atoms with E-state index in [4.69, 9.17) is 18.8 Å². The van der Waals surface area contributed by atoms with Crippen LogP contribution in [-0.4, -0.2) is 16.2 Å². The van der Waals surface area contributed by atoms with Gasteiger partial charge in [0.05, 0.1) is 11.0 Å². The molecular weight excluding hydrogens is 701 g/mol. The highest BCUT2D eigenvalue weighted by molar-refractivity contribution is 6.17. The summed E-state index contributed by atoms with van der Waals surface area (Å²) in [5, 5.41) is 10.3. The minimum atomic E-state index is -0.275. The van der Waals surface area contributed by atoms with E-state index < -0.39 is 0 Å². The van der Waals surface area contributed by atoms with E-state index >= 15 is 0 Å². The third-order valence-electron chi connectivity index (χ3n) is 11.3. The second-order valence-electron chi connectivity index (χ2n) is 14.6. The molecule has 0 aliphatic carbocycles. The summed E-state index contributed by atoms with van der Waals surface area (Å²) in [5.41, 5.74) is 11.9. The molecule has 0 saturated heterocycles. The predicted octanol–water partition coefficient (Wildman–Crippen LogP) is 12.7. The lowest BCUT2D eigenvalue weighted by molar-refractivity contribution is 0.667. The van der Waals surface area contributed by atoms with Crippen molar-refractivity contribution in [3.8, 4) is 16.8 Å². The normalized spacial score (nSPS) is 14.5. The minimum Gasteiger partial charge on any atom is -0.456 e. The van der Waals surface area contributed by atoms with Gasteiger partial charge in [-0.1, -0.05) is 121 Å². The lowest BCUT2D eigenvalue weighted by atomic mass is 9.98. The highest BCUT2D eigenvalue weighted by Gasteiger charge is 2.22. The Morgan fingerprint density at radius 3 is 1.86 bits per heavy atom. The number of nitrogens with one attached hydrogen (secondary N) is 1. The zero-order chi connectivity index (χ0) is 37.5. The molecule has 6 heteroatoms. The number of hydrogen-bond acceptors (Lipinski definition) is 5.